The molecule has 8 heteroatoms. The highest BCUT2D eigenvalue weighted by molar-refractivity contribution is 5.89. The molecular formula is C19H23N3O5. The van der Waals surface area contributed by atoms with E-state index in [0.29, 0.717) is 17.3 Å². The molecule has 2 rings (SSSR count). The average Bonchev–Trinajstić information content (AvgIpc) is 2.65. The summed E-state index contributed by atoms with van der Waals surface area (Å²) in [6, 6.07) is 8.22. The van der Waals surface area contributed by atoms with Crippen molar-refractivity contribution in [3.63, 3.8) is 0 Å². The zero-order chi connectivity index (χ0) is 19.8. The van der Waals surface area contributed by atoms with Crippen molar-refractivity contribution in [2.24, 2.45) is 0 Å². The summed E-state index contributed by atoms with van der Waals surface area (Å²) in [5.41, 5.74) is 3.26. The van der Waals surface area contributed by atoms with Gasteiger partial charge in [0.1, 0.15) is 5.75 Å². The van der Waals surface area contributed by atoms with Gasteiger partial charge in [-0.2, -0.15) is 0 Å². The number of anilines is 1. The number of nitrogens with one attached hydrogen (secondary N) is 2. The van der Waals surface area contributed by atoms with Crippen LogP contribution in [-0.2, 0) is 16.1 Å². The summed E-state index contributed by atoms with van der Waals surface area (Å²) in [4.78, 5) is 27.5. The molecule has 0 aliphatic rings. The number of aromatic nitrogens is 1. The molecule has 2 aromatic rings. The Labute approximate surface area is 157 Å². The first-order chi connectivity index (χ1) is 12.9. The Hall–Kier alpha value is -3.29. The van der Waals surface area contributed by atoms with Gasteiger partial charge in [-0.1, -0.05) is 0 Å². The van der Waals surface area contributed by atoms with Crippen molar-refractivity contribution in [1.82, 2.24) is 10.3 Å². The molecule has 0 aliphatic heterocycles. The number of carbonyl (C=O) groups is 2. The molecule has 0 spiro atoms. The van der Waals surface area contributed by atoms with E-state index in [9.17, 15) is 9.59 Å². The predicted octanol–water partition coefficient (Wildman–Crippen LogP) is 2.58. The Kier molecular flexibility index (Phi) is 6.99. The Bertz CT molecular complexity index is 806. The molecule has 1 aromatic carbocycles. The van der Waals surface area contributed by atoms with Gasteiger partial charge in [0.15, 0.2) is 6.61 Å². The second kappa shape index (κ2) is 9.42. The Balaban J connectivity index is 1.90. The van der Waals surface area contributed by atoms with E-state index in [1.54, 1.807) is 31.4 Å². The maximum absolute atomic E-state index is 12.1. The minimum absolute atomic E-state index is 0.171. The van der Waals surface area contributed by atoms with Gasteiger partial charge >= 0.3 is 12.0 Å². The van der Waals surface area contributed by atoms with E-state index in [1.807, 2.05) is 19.9 Å². The van der Waals surface area contributed by atoms with Crippen LogP contribution in [0.2, 0.25) is 0 Å². The lowest BCUT2D eigenvalue weighted by Crippen LogP contribution is -2.28. The second-order valence-electron chi connectivity index (χ2n) is 5.77. The van der Waals surface area contributed by atoms with Gasteiger partial charge in [-0.05, 0) is 49.7 Å². The van der Waals surface area contributed by atoms with Crippen molar-refractivity contribution in [1.29, 1.82) is 0 Å². The molecule has 8 nitrogen and oxygen atoms in total. The minimum Gasteiger partial charge on any atom is -0.482 e. The molecule has 0 atom stereocenters. The van der Waals surface area contributed by atoms with E-state index in [2.05, 4.69) is 20.4 Å². The van der Waals surface area contributed by atoms with Crippen LogP contribution in [0.1, 0.15) is 16.8 Å². The Morgan fingerprint density at radius 2 is 1.81 bits per heavy atom. The van der Waals surface area contributed by atoms with E-state index in [0.717, 1.165) is 16.8 Å². The van der Waals surface area contributed by atoms with Crippen LogP contribution < -0.4 is 20.1 Å². The number of esters is 1. The SMILES string of the molecule is COC(=O)COc1ccc(NC(=O)NCc2c(C)cc(C)nc2OC)cc1. The summed E-state index contributed by atoms with van der Waals surface area (Å²) in [6.45, 7) is 3.95. The molecule has 0 saturated carbocycles. The zero-order valence-electron chi connectivity index (χ0n) is 15.8. The van der Waals surface area contributed by atoms with Gasteiger partial charge < -0.3 is 24.8 Å². The molecule has 0 saturated heterocycles. The molecule has 144 valence electrons. The maximum atomic E-state index is 12.1. The normalized spacial score (nSPS) is 10.1. The lowest BCUT2D eigenvalue weighted by molar-refractivity contribution is -0.142. The van der Waals surface area contributed by atoms with Crippen LogP contribution in [0.15, 0.2) is 30.3 Å². The van der Waals surface area contributed by atoms with Crippen molar-refractivity contribution >= 4 is 17.7 Å². The molecule has 2 amide bonds. The third-order valence-electron chi connectivity index (χ3n) is 3.75. The van der Waals surface area contributed by atoms with Crippen molar-refractivity contribution in [2.45, 2.75) is 20.4 Å². The van der Waals surface area contributed by atoms with E-state index in [4.69, 9.17) is 9.47 Å². The number of methoxy groups -OCH3 is 2. The van der Waals surface area contributed by atoms with E-state index in [-0.39, 0.29) is 19.2 Å². The van der Waals surface area contributed by atoms with Crippen LogP contribution in [0, 0.1) is 13.8 Å². The maximum Gasteiger partial charge on any atom is 0.343 e. The smallest absolute Gasteiger partial charge is 0.343 e. The number of benzene rings is 1. The molecule has 2 N–H and O–H groups in total. The lowest BCUT2D eigenvalue weighted by atomic mass is 10.1. The molecule has 0 aliphatic carbocycles. The molecule has 0 bridgehead atoms. The van der Waals surface area contributed by atoms with Crippen LogP contribution in [0.3, 0.4) is 0 Å². The first kappa shape index (κ1) is 20.0. The van der Waals surface area contributed by atoms with Gasteiger partial charge in [0.2, 0.25) is 5.88 Å². The van der Waals surface area contributed by atoms with Crippen molar-refractivity contribution in [2.75, 3.05) is 26.1 Å². The number of carbonyl (C=O) groups excluding carboxylic acids is 2. The first-order valence-electron chi connectivity index (χ1n) is 8.28. The number of hydrogen-bond donors (Lipinski definition) is 2. The molecule has 0 radical (unpaired) electrons. The topological polar surface area (TPSA) is 98.8 Å². The van der Waals surface area contributed by atoms with Crippen molar-refractivity contribution in [3.8, 4) is 11.6 Å². The fourth-order valence-corrected chi connectivity index (χ4v) is 2.39. The van der Waals surface area contributed by atoms with Crippen LogP contribution >= 0.6 is 0 Å². The van der Waals surface area contributed by atoms with E-state index in [1.165, 1.54) is 7.11 Å². The number of amides is 2. The van der Waals surface area contributed by atoms with Gasteiger partial charge in [0, 0.05) is 16.9 Å². The highest BCUT2D eigenvalue weighted by Crippen LogP contribution is 2.20. The molecular weight excluding hydrogens is 350 g/mol. The summed E-state index contributed by atoms with van der Waals surface area (Å²) in [5, 5.41) is 5.51. The highest BCUT2D eigenvalue weighted by Gasteiger charge is 2.11. The monoisotopic (exact) mass is 373 g/mol. The van der Waals surface area contributed by atoms with Gasteiger partial charge in [-0.25, -0.2) is 14.6 Å². The number of ether oxygens (including phenoxy) is 3. The minimum atomic E-state index is -0.465. The largest absolute Gasteiger partial charge is 0.482 e. The lowest BCUT2D eigenvalue weighted by Gasteiger charge is -2.13. The van der Waals surface area contributed by atoms with Crippen molar-refractivity contribution in [3.05, 3.63) is 47.2 Å². The summed E-state index contributed by atoms with van der Waals surface area (Å²) in [5.74, 6) is 0.533. The van der Waals surface area contributed by atoms with Crippen molar-refractivity contribution < 1.29 is 23.8 Å². The van der Waals surface area contributed by atoms with Gasteiger partial charge in [-0.3, -0.25) is 0 Å². The predicted molar refractivity (Wildman–Crippen MR) is 100 cm³/mol. The summed E-state index contributed by atoms with van der Waals surface area (Å²) < 4.78 is 15.0. The quantitative estimate of drug-likeness (QED) is 0.724. The van der Waals surface area contributed by atoms with Gasteiger partial charge in [0.25, 0.3) is 0 Å². The number of aryl methyl sites for hydroxylation is 2. The van der Waals surface area contributed by atoms with E-state index < -0.39 is 5.97 Å². The van der Waals surface area contributed by atoms with Crippen LogP contribution in [0.25, 0.3) is 0 Å². The van der Waals surface area contributed by atoms with Crippen LogP contribution in [0.4, 0.5) is 10.5 Å². The molecule has 1 aromatic heterocycles. The number of urea groups is 1. The fraction of sp³-hybridized carbons (Fsp3) is 0.316. The second-order valence-corrected chi connectivity index (χ2v) is 5.77. The number of hydrogen-bond acceptors (Lipinski definition) is 6. The van der Waals surface area contributed by atoms with E-state index >= 15 is 0 Å². The molecule has 0 unspecified atom stereocenters. The average molecular weight is 373 g/mol. The summed E-state index contributed by atoms with van der Waals surface area (Å²) in [6.07, 6.45) is 0. The third-order valence-corrected chi connectivity index (χ3v) is 3.75. The Morgan fingerprint density at radius 3 is 2.44 bits per heavy atom. The molecule has 27 heavy (non-hydrogen) atoms. The van der Waals surface area contributed by atoms with Crippen LogP contribution in [-0.4, -0.2) is 37.8 Å². The molecule has 0 fully saturated rings. The number of nitrogens with zero attached hydrogens (tertiary/aromatic N) is 1. The third kappa shape index (κ3) is 5.88. The van der Waals surface area contributed by atoms with Crippen LogP contribution in [0.5, 0.6) is 11.6 Å². The van der Waals surface area contributed by atoms with Gasteiger partial charge in [0.05, 0.1) is 20.8 Å². The Morgan fingerprint density at radius 1 is 1.11 bits per heavy atom. The highest BCUT2D eigenvalue weighted by atomic mass is 16.6. The number of pyridine rings is 1. The summed E-state index contributed by atoms with van der Waals surface area (Å²) in [7, 11) is 2.84. The zero-order valence-corrected chi connectivity index (χ0v) is 15.8. The standard InChI is InChI=1S/C19H23N3O5/c1-12-9-13(2)21-18(26-4)16(12)10-20-19(24)22-14-5-7-15(8-6-14)27-11-17(23)25-3/h5-9H,10-11H2,1-4H3,(H2,20,22,24). The molecule has 1 heterocycles. The first-order valence-corrected chi connectivity index (χ1v) is 8.28. The van der Waals surface area contributed by atoms with Gasteiger partial charge in [-0.15, -0.1) is 0 Å². The fourth-order valence-electron chi connectivity index (χ4n) is 2.39. The number of rotatable bonds is 7. The summed E-state index contributed by atoms with van der Waals surface area (Å²) >= 11 is 0.